The highest BCUT2D eigenvalue weighted by atomic mass is 35.5. The fourth-order valence-electron chi connectivity index (χ4n) is 2.29. The van der Waals surface area contributed by atoms with Gasteiger partial charge < -0.3 is 0 Å². The van der Waals surface area contributed by atoms with Gasteiger partial charge in [-0.1, -0.05) is 41.9 Å². The van der Waals surface area contributed by atoms with Gasteiger partial charge in [0.1, 0.15) is 0 Å². The molecule has 0 saturated carbocycles. The van der Waals surface area contributed by atoms with Crippen LogP contribution < -0.4 is 0 Å². The number of rotatable bonds is 1. The number of nitrogens with zero attached hydrogens (tertiary/aromatic N) is 1. The summed E-state index contributed by atoms with van der Waals surface area (Å²) in [6, 6.07) is 15.3. The number of hydrogen-bond acceptors (Lipinski definition) is 4. The van der Waals surface area contributed by atoms with E-state index in [1.165, 1.54) is 0 Å². The zero-order chi connectivity index (χ0) is 17.7. The molecule has 5 nitrogen and oxygen atoms in total. The van der Waals surface area contributed by atoms with Gasteiger partial charge in [-0.2, -0.15) is 8.42 Å². The quantitative estimate of drug-likeness (QED) is 0.786. The molecule has 2 aromatic rings. The van der Waals surface area contributed by atoms with E-state index in [-0.39, 0.29) is 5.78 Å². The number of aliphatic imine (C=N–C) groups is 1. The van der Waals surface area contributed by atoms with Crippen molar-refractivity contribution in [2.75, 3.05) is 12.8 Å². The smallest absolute Gasteiger partial charge is 0.261 e. The van der Waals surface area contributed by atoms with E-state index in [2.05, 4.69) is 4.99 Å². The first-order valence-corrected chi connectivity index (χ1v) is 9.34. The first-order chi connectivity index (χ1) is 11.3. The zero-order valence-electron chi connectivity index (χ0n) is 12.9. The number of benzene rings is 2. The molecular weight excluding hydrogens is 350 g/mol. The van der Waals surface area contributed by atoms with Crippen LogP contribution in [0.4, 0.5) is 0 Å². The molecule has 1 N–H and O–H groups in total. The van der Waals surface area contributed by atoms with Crippen molar-refractivity contribution < 1.29 is 17.8 Å². The molecule has 0 aromatic heterocycles. The highest BCUT2D eigenvalue weighted by Crippen LogP contribution is 2.23. The van der Waals surface area contributed by atoms with Gasteiger partial charge in [-0.25, -0.2) is 0 Å². The summed E-state index contributed by atoms with van der Waals surface area (Å²) in [5, 5.41) is 0.622. The Kier molecular flexibility index (Phi) is 5.88. The molecule has 0 amide bonds. The summed E-state index contributed by atoms with van der Waals surface area (Å²) in [7, 11) is -3.67. The lowest BCUT2D eigenvalue weighted by Gasteiger charge is -2.09. The predicted octanol–water partition coefficient (Wildman–Crippen LogP) is 3.27. The van der Waals surface area contributed by atoms with Crippen LogP contribution in [0.2, 0.25) is 5.02 Å². The van der Waals surface area contributed by atoms with Crippen LogP contribution >= 0.6 is 11.6 Å². The van der Waals surface area contributed by atoms with Crippen molar-refractivity contribution >= 4 is 33.2 Å². The van der Waals surface area contributed by atoms with E-state index in [0.29, 0.717) is 29.8 Å². The van der Waals surface area contributed by atoms with Crippen molar-refractivity contribution in [2.45, 2.75) is 6.42 Å². The van der Waals surface area contributed by atoms with Crippen LogP contribution in [0.5, 0.6) is 0 Å². The van der Waals surface area contributed by atoms with Crippen molar-refractivity contribution in [3.63, 3.8) is 0 Å². The molecule has 126 valence electrons. The first-order valence-electron chi connectivity index (χ1n) is 7.11. The minimum absolute atomic E-state index is 0.126. The minimum atomic E-state index is -3.67. The van der Waals surface area contributed by atoms with E-state index >= 15 is 0 Å². The molecule has 7 heteroatoms. The molecule has 1 aliphatic rings. The highest BCUT2D eigenvalue weighted by molar-refractivity contribution is 7.85. The Hall–Kier alpha value is -2.02. The van der Waals surface area contributed by atoms with Crippen LogP contribution in [-0.2, 0) is 10.1 Å². The number of fused-ring (bicyclic) bond motifs is 1. The number of Topliss-reactive ketones (excluding diaryl/α,β-unsaturated/α-hetero) is 1. The highest BCUT2D eigenvalue weighted by Gasteiger charge is 2.20. The number of carbonyl (C=O) groups is 1. The maximum Gasteiger partial charge on any atom is 0.261 e. The Morgan fingerprint density at radius 1 is 1.08 bits per heavy atom. The molecule has 3 rings (SSSR count). The Morgan fingerprint density at radius 3 is 2.33 bits per heavy atom. The van der Waals surface area contributed by atoms with Gasteiger partial charge in [0, 0.05) is 34.7 Å². The van der Waals surface area contributed by atoms with E-state index in [0.717, 1.165) is 16.8 Å². The lowest BCUT2D eigenvalue weighted by molar-refractivity contribution is 0.0986. The monoisotopic (exact) mass is 365 g/mol. The van der Waals surface area contributed by atoms with Crippen LogP contribution in [0.25, 0.3) is 0 Å². The van der Waals surface area contributed by atoms with Gasteiger partial charge in [-0.05, 0) is 18.2 Å². The van der Waals surface area contributed by atoms with Gasteiger partial charge in [0.2, 0.25) is 0 Å². The third kappa shape index (κ3) is 5.26. The summed E-state index contributed by atoms with van der Waals surface area (Å²) >= 11 is 6.06. The third-order valence-electron chi connectivity index (χ3n) is 3.19. The largest absolute Gasteiger partial charge is 0.294 e. The van der Waals surface area contributed by atoms with Crippen molar-refractivity contribution in [1.82, 2.24) is 0 Å². The van der Waals surface area contributed by atoms with Crippen molar-refractivity contribution in [3.05, 3.63) is 70.2 Å². The molecule has 0 aliphatic carbocycles. The normalized spacial score (nSPS) is 14.0. The van der Waals surface area contributed by atoms with E-state index in [4.69, 9.17) is 16.2 Å². The minimum Gasteiger partial charge on any atom is -0.294 e. The van der Waals surface area contributed by atoms with E-state index in [9.17, 15) is 13.2 Å². The maximum atomic E-state index is 12.1. The summed E-state index contributed by atoms with van der Waals surface area (Å²) in [5.41, 5.74) is 3.41. The summed E-state index contributed by atoms with van der Waals surface area (Å²) in [6.07, 6.45) is 1.16. The van der Waals surface area contributed by atoms with Gasteiger partial charge in [0.05, 0.1) is 12.0 Å². The molecule has 24 heavy (non-hydrogen) atoms. The molecule has 0 bridgehead atoms. The number of hydrogen-bond donors (Lipinski definition) is 1. The molecule has 0 unspecified atom stereocenters. The lowest BCUT2D eigenvalue weighted by Crippen LogP contribution is -2.08. The molecule has 0 spiro atoms. The zero-order valence-corrected chi connectivity index (χ0v) is 14.5. The van der Waals surface area contributed by atoms with Gasteiger partial charge in [-0.3, -0.25) is 14.3 Å². The van der Waals surface area contributed by atoms with Crippen LogP contribution in [0.15, 0.2) is 53.5 Å². The second kappa shape index (κ2) is 7.70. The van der Waals surface area contributed by atoms with Gasteiger partial charge >= 0.3 is 0 Å². The van der Waals surface area contributed by atoms with Crippen LogP contribution in [-0.4, -0.2) is 37.3 Å². The average Bonchev–Trinajstić information content (AvgIpc) is 2.65. The molecule has 1 heterocycles. The second-order valence-electron chi connectivity index (χ2n) is 5.19. The van der Waals surface area contributed by atoms with Crippen LogP contribution in [0.3, 0.4) is 0 Å². The third-order valence-corrected chi connectivity index (χ3v) is 3.43. The van der Waals surface area contributed by atoms with Crippen molar-refractivity contribution in [2.24, 2.45) is 4.99 Å². The van der Waals surface area contributed by atoms with Crippen molar-refractivity contribution in [3.8, 4) is 0 Å². The summed E-state index contributed by atoms with van der Waals surface area (Å²) in [4.78, 5) is 16.6. The van der Waals surface area contributed by atoms with Gasteiger partial charge in [0.15, 0.2) is 5.78 Å². The Balaban J connectivity index is 0.000000368. The Labute approximate surface area is 145 Å². The molecule has 2 aromatic carbocycles. The number of ketones is 1. The SMILES string of the molecule is CS(=O)(=O)O.O=C1CCN=C(c2ccccc2)c2cc(Cl)ccc21. The van der Waals surface area contributed by atoms with Gasteiger partial charge in [0.25, 0.3) is 10.1 Å². The maximum absolute atomic E-state index is 12.1. The van der Waals surface area contributed by atoms with E-state index < -0.39 is 10.1 Å². The molecular formula is C17H16ClNO4S. The van der Waals surface area contributed by atoms with E-state index in [1.807, 2.05) is 36.4 Å². The fourth-order valence-corrected chi connectivity index (χ4v) is 2.46. The molecule has 1 aliphatic heterocycles. The fraction of sp³-hybridized carbons (Fsp3) is 0.176. The molecule has 0 fully saturated rings. The predicted molar refractivity (Wildman–Crippen MR) is 94.8 cm³/mol. The summed E-state index contributed by atoms with van der Waals surface area (Å²) < 4.78 is 25.9. The molecule has 0 atom stereocenters. The summed E-state index contributed by atoms with van der Waals surface area (Å²) in [5.74, 6) is 0.126. The van der Waals surface area contributed by atoms with Crippen molar-refractivity contribution in [1.29, 1.82) is 0 Å². The number of carbonyl (C=O) groups excluding carboxylic acids is 1. The first kappa shape index (κ1) is 18.3. The topological polar surface area (TPSA) is 83.8 Å². The lowest BCUT2D eigenvalue weighted by atomic mass is 9.95. The number of halogens is 1. The second-order valence-corrected chi connectivity index (χ2v) is 7.09. The molecule has 0 radical (unpaired) electrons. The van der Waals surface area contributed by atoms with E-state index in [1.54, 1.807) is 12.1 Å². The van der Waals surface area contributed by atoms with Crippen LogP contribution in [0, 0.1) is 0 Å². The van der Waals surface area contributed by atoms with Crippen LogP contribution in [0.1, 0.15) is 27.9 Å². The molecule has 0 saturated heterocycles. The Morgan fingerprint density at radius 2 is 1.71 bits per heavy atom. The average molecular weight is 366 g/mol. The standard InChI is InChI=1S/C16H12ClNO.CH4O3S/c17-12-6-7-13-14(10-12)16(18-9-8-15(13)19)11-4-2-1-3-5-11;1-5(2,3)4/h1-7,10H,8-9H2;1H3,(H,2,3,4). The Bertz CT molecular complexity index is 869. The summed E-state index contributed by atoms with van der Waals surface area (Å²) in [6.45, 7) is 0.523. The van der Waals surface area contributed by atoms with Gasteiger partial charge in [-0.15, -0.1) is 0 Å².